The maximum absolute atomic E-state index is 13.6. The molecule has 0 aliphatic rings. The van der Waals surface area contributed by atoms with Gasteiger partial charge in [-0.1, -0.05) is 23.8 Å². The lowest BCUT2D eigenvalue weighted by Gasteiger charge is -2.29. The third-order valence-corrected chi connectivity index (χ3v) is 5.74. The maximum atomic E-state index is 13.6. The summed E-state index contributed by atoms with van der Waals surface area (Å²) in [5.74, 6) is -2.84. The van der Waals surface area contributed by atoms with Crippen molar-refractivity contribution in [2.45, 2.75) is 39.8 Å². The Labute approximate surface area is 164 Å². The number of benzene rings is 2. The first-order chi connectivity index (χ1) is 12.9. The number of rotatable bonds is 6. The van der Waals surface area contributed by atoms with Crippen LogP contribution in [0.4, 0.5) is 14.5 Å². The number of hydrogen-bond donors (Lipinski definition) is 1. The Morgan fingerprint density at radius 2 is 1.68 bits per heavy atom. The Morgan fingerprint density at radius 1 is 1.04 bits per heavy atom. The molecule has 2 aromatic rings. The van der Waals surface area contributed by atoms with E-state index >= 15 is 0 Å². The first kappa shape index (κ1) is 21.8. The molecule has 0 aliphatic carbocycles. The number of carbonyl (C=O) groups is 1. The molecule has 0 saturated carbocycles. The van der Waals surface area contributed by atoms with Gasteiger partial charge in [0.25, 0.3) is 0 Å². The molecular weight excluding hydrogens is 386 g/mol. The average Bonchev–Trinajstić information content (AvgIpc) is 2.56. The van der Waals surface area contributed by atoms with Gasteiger partial charge in [0.1, 0.15) is 6.04 Å². The highest BCUT2D eigenvalue weighted by Crippen LogP contribution is 2.24. The van der Waals surface area contributed by atoms with Crippen LogP contribution in [0.2, 0.25) is 0 Å². The molecule has 0 radical (unpaired) electrons. The molecule has 0 aliphatic heterocycles. The first-order valence-electron chi connectivity index (χ1n) is 8.73. The summed E-state index contributed by atoms with van der Waals surface area (Å²) in [7, 11) is -3.92. The molecule has 2 aromatic carbocycles. The minimum Gasteiger partial charge on any atom is -0.348 e. The van der Waals surface area contributed by atoms with Gasteiger partial charge in [-0.15, -0.1) is 0 Å². The number of carbonyl (C=O) groups excluding carboxylic acids is 1. The Kier molecular flexibility index (Phi) is 6.44. The average molecular weight is 410 g/mol. The van der Waals surface area contributed by atoms with E-state index in [1.165, 1.54) is 6.92 Å². The van der Waals surface area contributed by atoms with E-state index in [1.807, 2.05) is 32.0 Å². The summed E-state index contributed by atoms with van der Waals surface area (Å²) in [4.78, 5) is 12.7. The van der Waals surface area contributed by atoms with Crippen molar-refractivity contribution in [3.8, 4) is 0 Å². The Balaban J connectivity index is 2.29. The van der Waals surface area contributed by atoms with Gasteiger partial charge in [0.05, 0.1) is 18.0 Å². The van der Waals surface area contributed by atoms with Gasteiger partial charge in [-0.3, -0.25) is 9.10 Å². The SMILES string of the molecule is Cc1ccc(C(C)NC(=O)C(C)N(c2ccc(F)c(F)c2)S(C)(=O)=O)c(C)c1. The third kappa shape index (κ3) is 4.86. The van der Waals surface area contributed by atoms with Crippen LogP contribution in [0.5, 0.6) is 0 Å². The van der Waals surface area contributed by atoms with Crippen molar-refractivity contribution < 1.29 is 22.0 Å². The zero-order chi connectivity index (χ0) is 21.2. The second-order valence-corrected chi connectivity index (χ2v) is 8.78. The van der Waals surface area contributed by atoms with E-state index in [0.717, 1.165) is 45.5 Å². The lowest BCUT2D eigenvalue weighted by atomic mass is 10.00. The van der Waals surface area contributed by atoms with Gasteiger partial charge in [-0.25, -0.2) is 17.2 Å². The highest BCUT2D eigenvalue weighted by Gasteiger charge is 2.30. The van der Waals surface area contributed by atoms with E-state index in [0.29, 0.717) is 0 Å². The van der Waals surface area contributed by atoms with E-state index in [-0.39, 0.29) is 11.7 Å². The van der Waals surface area contributed by atoms with E-state index < -0.39 is 33.6 Å². The van der Waals surface area contributed by atoms with Gasteiger partial charge in [-0.05, 0) is 51.0 Å². The quantitative estimate of drug-likeness (QED) is 0.791. The number of anilines is 1. The van der Waals surface area contributed by atoms with Crippen LogP contribution in [0.3, 0.4) is 0 Å². The van der Waals surface area contributed by atoms with Crippen LogP contribution in [-0.2, 0) is 14.8 Å². The van der Waals surface area contributed by atoms with E-state index in [9.17, 15) is 22.0 Å². The molecule has 2 atom stereocenters. The van der Waals surface area contributed by atoms with Crippen molar-refractivity contribution in [1.29, 1.82) is 0 Å². The van der Waals surface area contributed by atoms with Gasteiger partial charge in [-0.2, -0.15) is 0 Å². The normalized spacial score (nSPS) is 13.7. The second-order valence-electron chi connectivity index (χ2n) is 6.92. The summed E-state index contributed by atoms with van der Waals surface area (Å²) in [6, 6.07) is 7.01. The van der Waals surface area contributed by atoms with E-state index in [1.54, 1.807) is 6.92 Å². The van der Waals surface area contributed by atoms with Crippen molar-refractivity contribution in [1.82, 2.24) is 5.32 Å². The molecule has 152 valence electrons. The molecule has 0 fully saturated rings. The van der Waals surface area contributed by atoms with Gasteiger partial charge in [0.2, 0.25) is 15.9 Å². The molecule has 1 amide bonds. The van der Waals surface area contributed by atoms with Crippen LogP contribution < -0.4 is 9.62 Å². The Morgan fingerprint density at radius 3 is 2.21 bits per heavy atom. The molecule has 0 aromatic heterocycles. The van der Waals surface area contributed by atoms with Crippen molar-refractivity contribution >= 4 is 21.6 Å². The van der Waals surface area contributed by atoms with Crippen LogP contribution in [0.1, 0.15) is 36.6 Å². The number of aryl methyl sites for hydroxylation is 2. The summed E-state index contributed by atoms with van der Waals surface area (Å²) >= 11 is 0. The summed E-state index contributed by atoms with van der Waals surface area (Å²) < 4.78 is 52.1. The van der Waals surface area contributed by atoms with E-state index in [2.05, 4.69) is 5.32 Å². The van der Waals surface area contributed by atoms with Gasteiger partial charge < -0.3 is 5.32 Å². The number of sulfonamides is 1. The molecule has 0 heterocycles. The fourth-order valence-electron chi connectivity index (χ4n) is 3.15. The monoisotopic (exact) mass is 410 g/mol. The van der Waals surface area contributed by atoms with Crippen LogP contribution in [0.15, 0.2) is 36.4 Å². The Hall–Kier alpha value is -2.48. The predicted molar refractivity (Wildman–Crippen MR) is 106 cm³/mol. The van der Waals surface area contributed by atoms with Gasteiger partial charge >= 0.3 is 0 Å². The summed E-state index contributed by atoms with van der Waals surface area (Å²) in [5, 5.41) is 2.79. The van der Waals surface area contributed by atoms with Crippen molar-refractivity contribution in [3.63, 3.8) is 0 Å². The standard InChI is InChI=1S/C20H24F2N2O3S/c1-12-6-8-17(13(2)10-12)14(3)23-20(25)15(4)24(28(5,26)27)16-7-9-18(21)19(22)11-16/h6-11,14-15H,1-5H3,(H,23,25). The van der Waals surface area contributed by atoms with Gasteiger partial charge in [0.15, 0.2) is 11.6 Å². The van der Waals surface area contributed by atoms with Crippen LogP contribution >= 0.6 is 0 Å². The predicted octanol–water partition coefficient (Wildman–Crippen LogP) is 3.61. The van der Waals surface area contributed by atoms with Crippen LogP contribution in [0, 0.1) is 25.5 Å². The molecule has 0 bridgehead atoms. The van der Waals surface area contributed by atoms with Crippen molar-refractivity contribution in [2.75, 3.05) is 10.6 Å². The summed E-state index contributed by atoms with van der Waals surface area (Å²) in [6.45, 7) is 7.09. The molecule has 1 N–H and O–H groups in total. The lowest BCUT2D eigenvalue weighted by Crippen LogP contribution is -2.48. The zero-order valence-corrected chi connectivity index (χ0v) is 17.3. The minimum absolute atomic E-state index is 0.122. The third-order valence-electron chi connectivity index (χ3n) is 4.50. The summed E-state index contributed by atoms with van der Waals surface area (Å²) in [6.07, 6.45) is 0.908. The van der Waals surface area contributed by atoms with Gasteiger partial charge in [0, 0.05) is 6.07 Å². The number of nitrogens with zero attached hydrogens (tertiary/aromatic N) is 1. The van der Waals surface area contributed by atoms with Crippen LogP contribution in [0.25, 0.3) is 0 Å². The Bertz CT molecular complexity index is 993. The van der Waals surface area contributed by atoms with Crippen LogP contribution in [-0.4, -0.2) is 26.6 Å². The molecule has 28 heavy (non-hydrogen) atoms. The van der Waals surface area contributed by atoms with Crippen molar-refractivity contribution in [3.05, 3.63) is 64.7 Å². The number of nitrogens with one attached hydrogen (secondary N) is 1. The smallest absolute Gasteiger partial charge is 0.244 e. The molecule has 8 heteroatoms. The maximum Gasteiger partial charge on any atom is 0.244 e. The zero-order valence-electron chi connectivity index (χ0n) is 16.5. The fraction of sp³-hybridized carbons (Fsp3) is 0.350. The number of halogens is 2. The summed E-state index contributed by atoms with van der Waals surface area (Å²) in [5.41, 5.74) is 2.88. The minimum atomic E-state index is -3.92. The molecule has 5 nitrogen and oxygen atoms in total. The fourth-order valence-corrected chi connectivity index (χ4v) is 4.32. The number of amides is 1. The largest absolute Gasteiger partial charge is 0.348 e. The molecule has 2 rings (SSSR count). The van der Waals surface area contributed by atoms with E-state index in [4.69, 9.17) is 0 Å². The highest BCUT2D eigenvalue weighted by atomic mass is 32.2. The number of hydrogen-bond acceptors (Lipinski definition) is 3. The lowest BCUT2D eigenvalue weighted by molar-refractivity contribution is -0.122. The highest BCUT2D eigenvalue weighted by molar-refractivity contribution is 7.92. The topological polar surface area (TPSA) is 66.5 Å². The van der Waals surface area contributed by atoms with Crippen molar-refractivity contribution in [2.24, 2.45) is 0 Å². The molecule has 2 unspecified atom stereocenters. The molecule has 0 spiro atoms. The second kappa shape index (κ2) is 8.26. The molecule has 0 saturated heterocycles. The molecular formula is C20H24F2N2O3S. The first-order valence-corrected chi connectivity index (χ1v) is 10.6.